The maximum Gasteiger partial charge on any atom is 0.340 e. The van der Waals surface area contributed by atoms with Crippen LogP contribution >= 0.6 is 0 Å². The Hall–Kier alpha value is -1.80. The van der Waals surface area contributed by atoms with Gasteiger partial charge in [0.2, 0.25) is 10.0 Å². The highest BCUT2D eigenvalue weighted by atomic mass is 32.2. The van der Waals surface area contributed by atoms with Gasteiger partial charge in [-0.05, 0) is 24.6 Å². The van der Waals surface area contributed by atoms with Crippen LogP contribution in [0, 0.1) is 0 Å². The van der Waals surface area contributed by atoms with Crippen molar-refractivity contribution in [2.75, 3.05) is 30.5 Å². The van der Waals surface area contributed by atoms with Gasteiger partial charge in [0, 0.05) is 17.9 Å². The molecule has 0 unspecified atom stereocenters. The quantitative estimate of drug-likeness (QED) is 0.388. The van der Waals surface area contributed by atoms with Crippen molar-refractivity contribution in [2.24, 2.45) is 5.14 Å². The lowest BCUT2D eigenvalue weighted by atomic mass is 10.1. The second-order valence-electron chi connectivity index (χ2n) is 3.94. The molecule has 0 aliphatic heterocycles. The third-order valence-electron chi connectivity index (χ3n) is 2.39. The number of methoxy groups -OCH3 is 1. The number of carbonyl (C=O) groups is 1. The summed E-state index contributed by atoms with van der Waals surface area (Å²) in [7, 11) is -2.17. The summed E-state index contributed by atoms with van der Waals surface area (Å²) in [5.74, 6) is -0.621. The Labute approximate surface area is 112 Å². The van der Waals surface area contributed by atoms with Crippen molar-refractivity contribution >= 4 is 27.4 Å². The molecular weight excluding hydrogens is 270 g/mol. The standard InChI is InChI=1S/C11H17N3O4S/c1-18-11(15)9-7-8(3-4-10(9)12)14-5-2-6-19(13,16)17/h3-4,7,14H,2,5-6,12H2,1H3,(H2,13,16,17). The normalized spacial score (nSPS) is 11.1. The van der Waals surface area contributed by atoms with Crippen molar-refractivity contribution in [1.29, 1.82) is 0 Å². The number of primary sulfonamides is 1. The summed E-state index contributed by atoms with van der Waals surface area (Å²) in [6.07, 6.45) is 0.372. The first-order chi connectivity index (χ1) is 8.83. The van der Waals surface area contributed by atoms with E-state index < -0.39 is 16.0 Å². The summed E-state index contributed by atoms with van der Waals surface area (Å²) in [6.45, 7) is 0.418. The Bertz CT molecular complexity index is 557. The second kappa shape index (κ2) is 6.39. The van der Waals surface area contributed by atoms with Gasteiger partial charge in [0.15, 0.2) is 0 Å². The molecule has 19 heavy (non-hydrogen) atoms. The highest BCUT2D eigenvalue weighted by Gasteiger charge is 2.10. The molecule has 0 amide bonds. The Morgan fingerprint density at radius 2 is 2.11 bits per heavy atom. The van der Waals surface area contributed by atoms with Gasteiger partial charge in [-0.2, -0.15) is 0 Å². The first-order valence-electron chi connectivity index (χ1n) is 5.55. The van der Waals surface area contributed by atoms with Crippen LogP contribution in [0.3, 0.4) is 0 Å². The summed E-state index contributed by atoms with van der Waals surface area (Å²) in [5, 5.41) is 7.86. The number of nitrogens with one attached hydrogen (secondary N) is 1. The highest BCUT2D eigenvalue weighted by molar-refractivity contribution is 7.89. The third kappa shape index (κ3) is 5.14. The average Bonchev–Trinajstić information content (AvgIpc) is 2.34. The van der Waals surface area contributed by atoms with Crippen LogP contribution in [0.5, 0.6) is 0 Å². The maximum absolute atomic E-state index is 11.4. The number of nitrogen functional groups attached to an aromatic ring is 1. The second-order valence-corrected chi connectivity index (χ2v) is 5.67. The van der Waals surface area contributed by atoms with Crippen LogP contribution in [-0.2, 0) is 14.8 Å². The molecule has 0 aliphatic carbocycles. The average molecular weight is 287 g/mol. The molecule has 0 heterocycles. The fraction of sp³-hybridized carbons (Fsp3) is 0.364. The molecule has 5 N–H and O–H groups in total. The van der Waals surface area contributed by atoms with Gasteiger partial charge in [0.25, 0.3) is 0 Å². The molecule has 0 saturated heterocycles. The number of carbonyl (C=O) groups excluding carboxylic acids is 1. The molecule has 1 aromatic carbocycles. The lowest BCUT2D eigenvalue weighted by molar-refractivity contribution is 0.0602. The molecule has 0 bridgehead atoms. The SMILES string of the molecule is COC(=O)c1cc(NCCCS(N)(=O)=O)ccc1N. The topological polar surface area (TPSA) is 125 Å². The zero-order valence-electron chi connectivity index (χ0n) is 10.5. The molecule has 106 valence electrons. The van der Waals surface area contributed by atoms with E-state index in [4.69, 9.17) is 10.9 Å². The predicted molar refractivity (Wildman–Crippen MR) is 73.3 cm³/mol. The minimum Gasteiger partial charge on any atom is -0.465 e. The van der Waals surface area contributed by atoms with Gasteiger partial charge >= 0.3 is 5.97 Å². The lowest BCUT2D eigenvalue weighted by Gasteiger charge is -2.09. The van der Waals surface area contributed by atoms with Crippen molar-refractivity contribution in [3.05, 3.63) is 23.8 Å². The van der Waals surface area contributed by atoms with E-state index in [0.29, 0.717) is 24.3 Å². The number of hydrogen-bond donors (Lipinski definition) is 3. The molecule has 0 fully saturated rings. The van der Waals surface area contributed by atoms with Crippen LogP contribution in [-0.4, -0.2) is 33.8 Å². The van der Waals surface area contributed by atoms with Crippen molar-refractivity contribution in [3.8, 4) is 0 Å². The van der Waals surface area contributed by atoms with Crippen LogP contribution in [0.1, 0.15) is 16.8 Å². The van der Waals surface area contributed by atoms with Crippen LogP contribution in [0.4, 0.5) is 11.4 Å². The van der Waals surface area contributed by atoms with E-state index in [1.54, 1.807) is 18.2 Å². The highest BCUT2D eigenvalue weighted by Crippen LogP contribution is 2.18. The molecular formula is C11H17N3O4S. The van der Waals surface area contributed by atoms with Gasteiger partial charge < -0.3 is 15.8 Å². The first-order valence-corrected chi connectivity index (χ1v) is 7.27. The van der Waals surface area contributed by atoms with Crippen LogP contribution in [0.2, 0.25) is 0 Å². The van der Waals surface area contributed by atoms with E-state index in [0.717, 1.165) is 0 Å². The van der Waals surface area contributed by atoms with Crippen LogP contribution in [0.25, 0.3) is 0 Å². The smallest absolute Gasteiger partial charge is 0.340 e. The maximum atomic E-state index is 11.4. The van der Waals surface area contributed by atoms with E-state index in [2.05, 4.69) is 10.1 Å². The number of benzene rings is 1. The Morgan fingerprint density at radius 1 is 1.42 bits per heavy atom. The van der Waals surface area contributed by atoms with Crippen molar-refractivity contribution in [3.63, 3.8) is 0 Å². The number of nitrogens with two attached hydrogens (primary N) is 2. The number of sulfonamides is 1. The van der Waals surface area contributed by atoms with E-state index in [1.165, 1.54) is 7.11 Å². The number of hydrogen-bond acceptors (Lipinski definition) is 6. The van der Waals surface area contributed by atoms with Gasteiger partial charge in [-0.25, -0.2) is 18.4 Å². The number of esters is 1. The van der Waals surface area contributed by atoms with Crippen LogP contribution < -0.4 is 16.2 Å². The Balaban J connectivity index is 2.62. The monoisotopic (exact) mass is 287 g/mol. The van der Waals surface area contributed by atoms with Gasteiger partial charge in [-0.15, -0.1) is 0 Å². The zero-order valence-corrected chi connectivity index (χ0v) is 11.4. The van der Waals surface area contributed by atoms with E-state index in [9.17, 15) is 13.2 Å². The van der Waals surface area contributed by atoms with Gasteiger partial charge in [-0.1, -0.05) is 0 Å². The fourth-order valence-corrected chi connectivity index (χ4v) is 2.01. The van der Waals surface area contributed by atoms with Crippen molar-refractivity contribution in [2.45, 2.75) is 6.42 Å². The van der Waals surface area contributed by atoms with Crippen LogP contribution in [0.15, 0.2) is 18.2 Å². The molecule has 0 saturated carbocycles. The van der Waals surface area contributed by atoms with E-state index >= 15 is 0 Å². The Morgan fingerprint density at radius 3 is 2.68 bits per heavy atom. The molecule has 0 atom stereocenters. The molecule has 8 heteroatoms. The minimum atomic E-state index is -3.44. The lowest BCUT2D eigenvalue weighted by Crippen LogP contribution is -2.18. The van der Waals surface area contributed by atoms with Gasteiger partial charge in [-0.3, -0.25) is 0 Å². The molecule has 7 nitrogen and oxygen atoms in total. The summed E-state index contributed by atoms with van der Waals surface area (Å²) >= 11 is 0. The van der Waals surface area contributed by atoms with Gasteiger partial charge in [0.1, 0.15) is 0 Å². The third-order valence-corrected chi connectivity index (χ3v) is 3.25. The summed E-state index contributed by atoms with van der Waals surface area (Å²) in [6, 6.07) is 4.82. The molecule has 1 rings (SSSR count). The Kier molecular flexibility index (Phi) is 5.13. The molecule has 0 spiro atoms. The first kappa shape index (κ1) is 15.3. The number of ether oxygens (including phenoxy) is 1. The zero-order chi connectivity index (χ0) is 14.5. The molecule has 1 aromatic rings. The predicted octanol–water partition coefficient (Wildman–Crippen LogP) is 0.146. The summed E-state index contributed by atoms with van der Waals surface area (Å²) in [5.41, 5.74) is 6.89. The van der Waals surface area contributed by atoms with Crippen molar-refractivity contribution in [1.82, 2.24) is 0 Å². The van der Waals surface area contributed by atoms with Gasteiger partial charge in [0.05, 0.1) is 18.4 Å². The van der Waals surface area contributed by atoms with Crippen molar-refractivity contribution < 1.29 is 17.9 Å². The summed E-state index contributed by atoms with van der Waals surface area (Å²) in [4.78, 5) is 11.4. The van der Waals surface area contributed by atoms with E-state index in [-0.39, 0.29) is 11.3 Å². The largest absolute Gasteiger partial charge is 0.465 e. The van der Waals surface area contributed by atoms with E-state index in [1.807, 2.05) is 0 Å². The molecule has 0 radical (unpaired) electrons. The minimum absolute atomic E-state index is 0.0984. The number of rotatable bonds is 6. The molecule has 0 aliphatic rings. The molecule has 0 aromatic heterocycles. The number of anilines is 2. The fourth-order valence-electron chi connectivity index (χ4n) is 1.46. The summed E-state index contributed by atoms with van der Waals surface area (Å²) < 4.78 is 26.1.